The van der Waals surface area contributed by atoms with Gasteiger partial charge in [0.15, 0.2) is 11.2 Å². The molecule has 0 amide bonds. The maximum atomic E-state index is 5.67. The molecule has 0 radical (unpaired) electrons. The van der Waals surface area contributed by atoms with E-state index in [0.29, 0.717) is 11.5 Å². The largest absolute Gasteiger partial charge is 0.475 e. The average Bonchev–Trinajstić information content (AvgIpc) is 2.28. The van der Waals surface area contributed by atoms with Gasteiger partial charge < -0.3 is 9.47 Å². The third kappa shape index (κ3) is 4.07. The molecule has 0 aliphatic carbocycles. The summed E-state index contributed by atoms with van der Waals surface area (Å²) in [6, 6.07) is 7.27. The van der Waals surface area contributed by atoms with Crippen LogP contribution in [0.3, 0.4) is 0 Å². The van der Waals surface area contributed by atoms with Gasteiger partial charge in [0.1, 0.15) is 11.5 Å². The molecule has 0 aromatic heterocycles. The van der Waals surface area contributed by atoms with E-state index in [9.17, 15) is 0 Å². The first kappa shape index (κ1) is 14.0. The summed E-state index contributed by atoms with van der Waals surface area (Å²) < 4.78 is 11.3. The maximum absolute atomic E-state index is 5.67. The highest BCUT2D eigenvalue weighted by Crippen LogP contribution is 2.25. The van der Waals surface area contributed by atoms with Crippen molar-refractivity contribution in [3.8, 4) is 36.2 Å². The first-order valence-corrected chi connectivity index (χ1v) is 5.72. The lowest BCUT2D eigenvalue weighted by atomic mass is 10.1. The predicted octanol–water partition coefficient (Wildman–Crippen LogP) is 3.27. The fourth-order valence-electron chi connectivity index (χ4n) is 1.25. The van der Waals surface area contributed by atoms with Crippen LogP contribution < -0.4 is 9.47 Å². The lowest BCUT2D eigenvalue weighted by Gasteiger charge is -2.23. The molecular weight excluding hydrogens is 224 g/mol. The van der Waals surface area contributed by atoms with Crippen molar-refractivity contribution in [2.75, 3.05) is 0 Å². The monoisotopic (exact) mass is 242 g/mol. The molecule has 1 aromatic rings. The van der Waals surface area contributed by atoms with Gasteiger partial charge in [0.05, 0.1) is 0 Å². The molecule has 94 valence electrons. The molecule has 0 N–H and O–H groups in total. The van der Waals surface area contributed by atoms with Crippen molar-refractivity contribution in [2.45, 2.75) is 38.9 Å². The van der Waals surface area contributed by atoms with Crippen LogP contribution in [0.5, 0.6) is 11.5 Å². The van der Waals surface area contributed by atoms with Crippen LogP contribution in [0.2, 0.25) is 0 Å². The number of hydrogen-bond acceptors (Lipinski definition) is 2. The number of hydrogen-bond donors (Lipinski definition) is 0. The first-order valence-electron chi connectivity index (χ1n) is 5.72. The van der Waals surface area contributed by atoms with Crippen LogP contribution in [0.15, 0.2) is 24.3 Å². The number of terminal acetylenes is 2. The maximum Gasteiger partial charge on any atom is 0.163 e. The molecule has 0 saturated carbocycles. The Labute approximate surface area is 109 Å². The standard InChI is InChI=1S/C16H18O2/c1-7-15(3,4)17-13-10-9-11-14(12-13)18-16(5,6)8-2/h1-2,9-12H,3-6H3. The zero-order chi connectivity index (χ0) is 13.8. The van der Waals surface area contributed by atoms with E-state index in [4.69, 9.17) is 22.3 Å². The Bertz CT molecular complexity index is 455. The van der Waals surface area contributed by atoms with Gasteiger partial charge in [-0.2, -0.15) is 0 Å². The van der Waals surface area contributed by atoms with E-state index >= 15 is 0 Å². The fraction of sp³-hybridized carbons (Fsp3) is 0.375. The van der Waals surface area contributed by atoms with Crippen LogP contribution in [0.4, 0.5) is 0 Å². The normalized spacial score (nSPS) is 11.2. The Kier molecular flexibility index (Phi) is 3.94. The van der Waals surface area contributed by atoms with Crippen molar-refractivity contribution in [1.82, 2.24) is 0 Å². The minimum atomic E-state index is -0.653. The third-order valence-electron chi connectivity index (χ3n) is 2.25. The molecule has 2 nitrogen and oxygen atoms in total. The van der Waals surface area contributed by atoms with E-state index < -0.39 is 11.2 Å². The first-order chi connectivity index (χ1) is 8.28. The Morgan fingerprint density at radius 2 is 1.28 bits per heavy atom. The third-order valence-corrected chi connectivity index (χ3v) is 2.25. The molecule has 0 atom stereocenters. The fourth-order valence-corrected chi connectivity index (χ4v) is 1.25. The molecule has 1 aromatic carbocycles. The second kappa shape index (κ2) is 5.07. The highest BCUT2D eigenvalue weighted by molar-refractivity contribution is 5.35. The molecule has 18 heavy (non-hydrogen) atoms. The minimum absolute atomic E-state index is 0.653. The molecule has 0 heterocycles. The lowest BCUT2D eigenvalue weighted by molar-refractivity contribution is 0.161. The second-order valence-electron chi connectivity index (χ2n) is 4.99. The SMILES string of the molecule is C#CC(C)(C)Oc1cccc(OC(C)(C)C#C)c1. The van der Waals surface area contributed by atoms with Crippen LogP contribution in [0.1, 0.15) is 27.7 Å². The van der Waals surface area contributed by atoms with Crippen LogP contribution >= 0.6 is 0 Å². The Morgan fingerprint density at radius 3 is 1.61 bits per heavy atom. The average molecular weight is 242 g/mol. The zero-order valence-electron chi connectivity index (χ0n) is 11.3. The summed E-state index contributed by atoms with van der Waals surface area (Å²) in [6.45, 7) is 7.30. The van der Waals surface area contributed by atoms with Gasteiger partial charge in [-0.05, 0) is 39.8 Å². The molecular formula is C16H18O2. The van der Waals surface area contributed by atoms with E-state index in [1.807, 2.05) is 45.9 Å². The number of ether oxygens (including phenoxy) is 2. The lowest BCUT2D eigenvalue weighted by Crippen LogP contribution is -2.26. The van der Waals surface area contributed by atoms with Gasteiger partial charge in [-0.3, -0.25) is 0 Å². The van der Waals surface area contributed by atoms with Crippen molar-refractivity contribution in [3.05, 3.63) is 24.3 Å². The number of benzene rings is 1. The molecule has 2 heteroatoms. The number of rotatable bonds is 4. The predicted molar refractivity (Wildman–Crippen MR) is 73.5 cm³/mol. The van der Waals surface area contributed by atoms with Gasteiger partial charge in [-0.1, -0.05) is 17.9 Å². The van der Waals surface area contributed by atoms with Crippen LogP contribution in [-0.2, 0) is 0 Å². The molecule has 0 spiro atoms. The Hall–Kier alpha value is -2.06. The Morgan fingerprint density at radius 1 is 0.889 bits per heavy atom. The van der Waals surface area contributed by atoms with Crippen LogP contribution in [0, 0.1) is 24.7 Å². The molecule has 0 aliphatic rings. The summed E-state index contributed by atoms with van der Waals surface area (Å²) in [5.74, 6) is 6.46. The summed E-state index contributed by atoms with van der Waals surface area (Å²) in [4.78, 5) is 0. The van der Waals surface area contributed by atoms with Crippen molar-refractivity contribution in [3.63, 3.8) is 0 Å². The van der Waals surface area contributed by atoms with Gasteiger partial charge in [0, 0.05) is 6.07 Å². The molecule has 0 bridgehead atoms. The zero-order valence-corrected chi connectivity index (χ0v) is 11.3. The molecule has 0 saturated heterocycles. The summed E-state index contributed by atoms with van der Waals surface area (Å²) in [6.07, 6.45) is 10.8. The van der Waals surface area contributed by atoms with E-state index in [0.717, 1.165) is 0 Å². The van der Waals surface area contributed by atoms with E-state index in [2.05, 4.69) is 11.8 Å². The van der Waals surface area contributed by atoms with Crippen molar-refractivity contribution >= 4 is 0 Å². The second-order valence-corrected chi connectivity index (χ2v) is 4.99. The Balaban J connectivity index is 2.88. The van der Waals surface area contributed by atoms with Gasteiger partial charge in [0.25, 0.3) is 0 Å². The highest BCUT2D eigenvalue weighted by Gasteiger charge is 2.18. The highest BCUT2D eigenvalue weighted by atomic mass is 16.5. The van der Waals surface area contributed by atoms with E-state index in [1.165, 1.54) is 0 Å². The summed E-state index contributed by atoms with van der Waals surface area (Å²) in [5, 5.41) is 0. The van der Waals surface area contributed by atoms with Crippen molar-refractivity contribution in [1.29, 1.82) is 0 Å². The molecule has 0 fully saturated rings. The molecule has 0 aliphatic heterocycles. The smallest absolute Gasteiger partial charge is 0.163 e. The van der Waals surface area contributed by atoms with Gasteiger partial charge in [0.2, 0.25) is 0 Å². The van der Waals surface area contributed by atoms with Crippen molar-refractivity contribution in [2.24, 2.45) is 0 Å². The topological polar surface area (TPSA) is 18.5 Å². The van der Waals surface area contributed by atoms with E-state index in [1.54, 1.807) is 6.07 Å². The summed E-state index contributed by atoms with van der Waals surface area (Å²) in [7, 11) is 0. The molecule has 1 rings (SSSR count). The molecule has 0 unspecified atom stereocenters. The summed E-state index contributed by atoms with van der Waals surface area (Å²) in [5.41, 5.74) is -1.31. The summed E-state index contributed by atoms with van der Waals surface area (Å²) >= 11 is 0. The van der Waals surface area contributed by atoms with Crippen LogP contribution in [-0.4, -0.2) is 11.2 Å². The van der Waals surface area contributed by atoms with Gasteiger partial charge in [-0.25, -0.2) is 0 Å². The van der Waals surface area contributed by atoms with Gasteiger partial charge in [-0.15, -0.1) is 12.8 Å². The van der Waals surface area contributed by atoms with E-state index in [-0.39, 0.29) is 0 Å². The van der Waals surface area contributed by atoms with Gasteiger partial charge >= 0.3 is 0 Å². The minimum Gasteiger partial charge on any atom is -0.475 e. The van der Waals surface area contributed by atoms with Crippen LogP contribution in [0.25, 0.3) is 0 Å². The van der Waals surface area contributed by atoms with Crippen molar-refractivity contribution < 1.29 is 9.47 Å². The quantitative estimate of drug-likeness (QED) is 0.754.